The van der Waals surface area contributed by atoms with Crippen molar-refractivity contribution >= 4 is 0 Å². The van der Waals surface area contributed by atoms with Gasteiger partial charge in [0.15, 0.2) is 6.29 Å². The van der Waals surface area contributed by atoms with Crippen molar-refractivity contribution in [1.29, 1.82) is 0 Å². The van der Waals surface area contributed by atoms with E-state index >= 15 is 0 Å². The molecule has 0 heterocycles. The van der Waals surface area contributed by atoms with Crippen molar-refractivity contribution in [3.05, 3.63) is 12.7 Å². The number of hydrogen-bond acceptors (Lipinski definition) is 3. The average Bonchev–Trinajstić information content (AvgIpc) is 3.08. The molecule has 0 N–H and O–H groups in total. The summed E-state index contributed by atoms with van der Waals surface area (Å²) in [7, 11) is 0. The highest BCUT2D eigenvalue weighted by molar-refractivity contribution is 4.86. The molecule has 0 saturated heterocycles. The fourth-order valence-corrected chi connectivity index (χ4v) is 1.75. The van der Waals surface area contributed by atoms with E-state index in [2.05, 4.69) is 6.58 Å². The zero-order valence-electron chi connectivity index (χ0n) is 10.5. The molecule has 16 heavy (non-hydrogen) atoms. The fraction of sp³-hybridized carbons (Fsp3) is 0.846. The minimum Gasteiger partial charge on any atom is -0.372 e. The molecule has 3 nitrogen and oxygen atoms in total. The zero-order chi connectivity index (χ0) is 11.8. The van der Waals surface area contributed by atoms with Crippen LogP contribution >= 0.6 is 0 Å². The lowest BCUT2D eigenvalue weighted by molar-refractivity contribution is -0.177. The summed E-state index contributed by atoms with van der Waals surface area (Å²) < 4.78 is 16.7. The van der Waals surface area contributed by atoms with E-state index in [1.165, 1.54) is 12.8 Å². The van der Waals surface area contributed by atoms with Crippen LogP contribution in [0.1, 0.15) is 33.1 Å². The molecule has 1 aliphatic carbocycles. The van der Waals surface area contributed by atoms with Crippen LogP contribution in [0.3, 0.4) is 0 Å². The van der Waals surface area contributed by atoms with Crippen LogP contribution < -0.4 is 0 Å². The Kier molecular flexibility index (Phi) is 6.69. The van der Waals surface area contributed by atoms with Gasteiger partial charge in [0, 0.05) is 13.2 Å². The first-order chi connectivity index (χ1) is 7.81. The van der Waals surface area contributed by atoms with E-state index < -0.39 is 0 Å². The van der Waals surface area contributed by atoms with E-state index in [0.717, 1.165) is 12.3 Å². The first kappa shape index (κ1) is 13.7. The minimum atomic E-state index is -0.221. The molecule has 0 radical (unpaired) electrons. The molecule has 0 unspecified atom stereocenters. The summed E-state index contributed by atoms with van der Waals surface area (Å²) in [6.07, 6.45) is 5.51. The Morgan fingerprint density at radius 3 is 2.25 bits per heavy atom. The van der Waals surface area contributed by atoms with Crippen LogP contribution in [-0.4, -0.2) is 32.2 Å². The molecular weight excluding hydrogens is 204 g/mol. The van der Waals surface area contributed by atoms with Gasteiger partial charge in [0.05, 0.1) is 12.7 Å². The molecule has 1 atom stereocenters. The smallest absolute Gasteiger partial charge is 0.180 e. The third-order valence-electron chi connectivity index (χ3n) is 2.70. The highest BCUT2D eigenvalue weighted by Crippen LogP contribution is 2.36. The lowest BCUT2D eigenvalue weighted by Gasteiger charge is -2.21. The van der Waals surface area contributed by atoms with Crippen molar-refractivity contribution in [2.24, 2.45) is 5.92 Å². The zero-order valence-corrected chi connectivity index (χ0v) is 10.5. The Morgan fingerprint density at radius 1 is 1.19 bits per heavy atom. The molecule has 0 aliphatic heterocycles. The highest BCUT2D eigenvalue weighted by atomic mass is 16.7. The number of hydrogen-bond donors (Lipinski definition) is 0. The van der Waals surface area contributed by atoms with Gasteiger partial charge in [-0.15, -0.1) is 6.58 Å². The number of ether oxygens (including phenoxy) is 3. The molecule has 0 aromatic carbocycles. The molecule has 0 aromatic rings. The van der Waals surface area contributed by atoms with Gasteiger partial charge >= 0.3 is 0 Å². The first-order valence-corrected chi connectivity index (χ1v) is 6.27. The highest BCUT2D eigenvalue weighted by Gasteiger charge is 2.31. The predicted octanol–water partition coefficient (Wildman–Crippen LogP) is 2.76. The van der Waals surface area contributed by atoms with Gasteiger partial charge in [-0.25, -0.2) is 0 Å². The first-order valence-electron chi connectivity index (χ1n) is 6.27. The molecule has 1 saturated carbocycles. The van der Waals surface area contributed by atoms with Crippen molar-refractivity contribution in [1.82, 2.24) is 0 Å². The van der Waals surface area contributed by atoms with Crippen LogP contribution in [0, 0.1) is 5.92 Å². The summed E-state index contributed by atoms with van der Waals surface area (Å²) in [5, 5.41) is 0. The average molecular weight is 228 g/mol. The second-order valence-electron chi connectivity index (χ2n) is 4.07. The molecule has 3 heteroatoms. The SMILES string of the molecule is C=CC[C@@H](OCC(OCC)OCC)C1CC1. The summed E-state index contributed by atoms with van der Waals surface area (Å²) in [6, 6.07) is 0. The van der Waals surface area contributed by atoms with E-state index in [1.807, 2.05) is 19.9 Å². The summed E-state index contributed by atoms with van der Waals surface area (Å²) in [4.78, 5) is 0. The Balaban J connectivity index is 2.24. The minimum absolute atomic E-state index is 0.221. The van der Waals surface area contributed by atoms with Crippen molar-refractivity contribution in [2.45, 2.75) is 45.5 Å². The molecule has 0 bridgehead atoms. The van der Waals surface area contributed by atoms with Gasteiger partial charge in [0.2, 0.25) is 0 Å². The quantitative estimate of drug-likeness (QED) is 0.425. The summed E-state index contributed by atoms with van der Waals surface area (Å²) in [5.41, 5.74) is 0. The molecule has 0 amide bonds. The Labute approximate surface area is 98.8 Å². The predicted molar refractivity (Wildman–Crippen MR) is 64.3 cm³/mol. The molecule has 1 rings (SSSR count). The van der Waals surface area contributed by atoms with E-state index in [1.54, 1.807) is 0 Å². The lowest BCUT2D eigenvalue weighted by atomic mass is 10.1. The van der Waals surface area contributed by atoms with Crippen LogP contribution in [0.5, 0.6) is 0 Å². The molecule has 1 fully saturated rings. The van der Waals surface area contributed by atoms with Crippen molar-refractivity contribution in [2.75, 3.05) is 19.8 Å². The second-order valence-corrected chi connectivity index (χ2v) is 4.07. The third kappa shape index (κ3) is 5.10. The second kappa shape index (κ2) is 7.82. The maximum Gasteiger partial charge on any atom is 0.180 e. The standard InChI is InChI=1S/C13H24O3/c1-4-7-12(11-8-9-11)16-10-13(14-5-2)15-6-3/h4,11-13H,1,5-10H2,2-3H3/t12-/m1/s1. The third-order valence-corrected chi connectivity index (χ3v) is 2.70. The Hall–Kier alpha value is -0.380. The van der Waals surface area contributed by atoms with Gasteiger partial charge in [-0.3, -0.25) is 0 Å². The largest absolute Gasteiger partial charge is 0.372 e. The van der Waals surface area contributed by atoms with Crippen LogP contribution in [-0.2, 0) is 14.2 Å². The number of rotatable bonds is 10. The molecule has 0 aromatic heterocycles. The molecular formula is C13H24O3. The van der Waals surface area contributed by atoms with Gasteiger partial charge in [0.1, 0.15) is 0 Å². The van der Waals surface area contributed by atoms with Gasteiger partial charge < -0.3 is 14.2 Å². The van der Waals surface area contributed by atoms with Crippen molar-refractivity contribution < 1.29 is 14.2 Å². The molecule has 0 spiro atoms. The van der Waals surface area contributed by atoms with E-state index in [9.17, 15) is 0 Å². The van der Waals surface area contributed by atoms with Crippen molar-refractivity contribution in [3.8, 4) is 0 Å². The Morgan fingerprint density at radius 2 is 1.81 bits per heavy atom. The van der Waals surface area contributed by atoms with Crippen LogP contribution in [0.2, 0.25) is 0 Å². The van der Waals surface area contributed by atoms with E-state index in [0.29, 0.717) is 25.9 Å². The fourth-order valence-electron chi connectivity index (χ4n) is 1.75. The van der Waals surface area contributed by atoms with Gasteiger partial charge in [-0.2, -0.15) is 0 Å². The van der Waals surface area contributed by atoms with Crippen LogP contribution in [0.25, 0.3) is 0 Å². The molecule has 94 valence electrons. The van der Waals surface area contributed by atoms with E-state index in [-0.39, 0.29) is 6.29 Å². The van der Waals surface area contributed by atoms with Crippen molar-refractivity contribution in [3.63, 3.8) is 0 Å². The van der Waals surface area contributed by atoms with Gasteiger partial charge in [0.25, 0.3) is 0 Å². The monoisotopic (exact) mass is 228 g/mol. The normalized spacial score (nSPS) is 17.7. The van der Waals surface area contributed by atoms with Crippen LogP contribution in [0.4, 0.5) is 0 Å². The maximum absolute atomic E-state index is 5.85. The summed E-state index contributed by atoms with van der Waals surface area (Å²) in [5.74, 6) is 0.724. The van der Waals surface area contributed by atoms with Gasteiger partial charge in [-0.1, -0.05) is 6.08 Å². The Bertz CT molecular complexity index is 184. The van der Waals surface area contributed by atoms with Crippen LogP contribution in [0.15, 0.2) is 12.7 Å². The van der Waals surface area contributed by atoms with E-state index in [4.69, 9.17) is 14.2 Å². The summed E-state index contributed by atoms with van der Waals surface area (Å²) >= 11 is 0. The maximum atomic E-state index is 5.85. The molecule has 1 aliphatic rings. The van der Waals surface area contributed by atoms with Gasteiger partial charge in [-0.05, 0) is 39.0 Å². The lowest BCUT2D eigenvalue weighted by Crippen LogP contribution is -2.27. The summed E-state index contributed by atoms with van der Waals surface area (Å²) in [6.45, 7) is 9.54. The topological polar surface area (TPSA) is 27.7 Å².